The summed E-state index contributed by atoms with van der Waals surface area (Å²) in [7, 11) is 0. The Morgan fingerprint density at radius 1 is 1.47 bits per heavy atom. The van der Waals surface area contributed by atoms with Crippen molar-refractivity contribution < 1.29 is 14.3 Å². The first-order valence-corrected chi connectivity index (χ1v) is 4.67. The zero-order valence-corrected chi connectivity index (χ0v) is 8.59. The summed E-state index contributed by atoms with van der Waals surface area (Å²) in [6.45, 7) is 3.33. The van der Waals surface area contributed by atoms with Crippen molar-refractivity contribution in [3.8, 4) is 5.75 Å². The highest BCUT2D eigenvalue weighted by Crippen LogP contribution is 2.33. The number of ketones is 1. The number of hydrogen-bond acceptors (Lipinski definition) is 3. The van der Waals surface area contributed by atoms with Gasteiger partial charge in [0, 0.05) is 5.56 Å². The van der Waals surface area contributed by atoms with Crippen LogP contribution in [0.3, 0.4) is 0 Å². The SMILES string of the molecule is CC(=O)c1ccc2c(c1C)NC(=O)CO2. The van der Waals surface area contributed by atoms with Crippen LogP contribution in [0.25, 0.3) is 0 Å². The predicted octanol–water partition coefficient (Wildman–Crippen LogP) is 1.53. The molecular formula is C11H11NO3. The van der Waals surface area contributed by atoms with E-state index in [1.54, 1.807) is 19.1 Å². The number of ether oxygens (including phenoxy) is 1. The van der Waals surface area contributed by atoms with Gasteiger partial charge in [0.15, 0.2) is 12.4 Å². The zero-order chi connectivity index (χ0) is 11.0. The van der Waals surface area contributed by atoms with Gasteiger partial charge in [-0.05, 0) is 31.5 Å². The first-order chi connectivity index (χ1) is 7.09. The molecule has 0 bridgehead atoms. The topological polar surface area (TPSA) is 55.4 Å². The van der Waals surface area contributed by atoms with Gasteiger partial charge < -0.3 is 10.1 Å². The minimum absolute atomic E-state index is 0.0184. The van der Waals surface area contributed by atoms with E-state index in [2.05, 4.69) is 5.32 Å². The van der Waals surface area contributed by atoms with E-state index >= 15 is 0 Å². The molecule has 4 heteroatoms. The molecule has 0 aromatic heterocycles. The molecule has 0 saturated carbocycles. The Bertz CT molecular complexity index is 451. The van der Waals surface area contributed by atoms with E-state index in [4.69, 9.17) is 4.74 Å². The van der Waals surface area contributed by atoms with Crippen molar-refractivity contribution in [1.29, 1.82) is 0 Å². The molecule has 0 saturated heterocycles. The molecule has 78 valence electrons. The van der Waals surface area contributed by atoms with Crippen LogP contribution in [0.2, 0.25) is 0 Å². The van der Waals surface area contributed by atoms with Gasteiger partial charge in [-0.15, -0.1) is 0 Å². The lowest BCUT2D eigenvalue weighted by molar-refractivity contribution is -0.118. The van der Waals surface area contributed by atoms with Gasteiger partial charge in [-0.25, -0.2) is 0 Å². The maximum Gasteiger partial charge on any atom is 0.262 e. The molecule has 1 aliphatic heterocycles. The lowest BCUT2D eigenvalue weighted by Crippen LogP contribution is -2.26. The maximum atomic E-state index is 11.3. The number of carbonyl (C=O) groups excluding carboxylic acids is 2. The number of hydrogen-bond donors (Lipinski definition) is 1. The Morgan fingerprint density at radius 3 is 2.87 bits per heavy atom. The minimum Gasteiger partial charge on any atom is -0.482 e. The van der Waals surface area contributed by atoms with Gasteiger partial charge in [-0.3, -0.25) is 9.59 Å². The Morgan fingerprint density at radius 2 is 2.20 bits per heavy atom. The van der Waals surface area contributed by atoms with Gasteiger partial charge in [0.25, 0.3) is 5.91 Å². The fraction of sp³-hybridized carbons (Fsp3) is 0.273. The molecule has 0 aliphatic carbocycles. The van der Waals surface area contributed by atoms with Crippen LogP contribution < -0.4 is 10.1 Å². The summed E-state index contributed by atoms with van der Waals surface area (Å²) in [4.78, 5) is 22.4. The summed E-state index contributed by atoms with van der Waals surface area (Å²) in [6.07, 6.45) is 0. The van der Waals surface area contributed by atoms with Gasteiger partial charge in [0.1, 0.15) is 5.75 Å². The van der Waals surface area contributed by atoms with Crippen molar-refractivity contribution in [3.63, 3.8) is 0 Å². The van der Waals surface area contributed by atoms with E-state index < -0.39 is 0 Å². The summed E-state index contributed by atoms with van der Waals surface area (Å²) in [5.41, 5.74) is 1.98. The van der Waals surface area contributed by atoms with Crippen molar-refractivity contribution in [2.75, 3.05) is 11.9 Å². The van der Waals surface area contributed by atoms with E-state index in [-0.39, 0.29) is 18.3 Å². The van der Waals surface area contributed by atoms with Crippen molar-refractivity contribution in [2.45, 2.75) is 13.8 Å². The van der Waals surface area contributed by atoms with Gasteiger partial charge in [-0.2, -0.15) is 0 Å². The fourth-order valence-corrected chi connectivity index (χ4v) is 1.66. The van der Waals surface area contributed by atoms with Crippen LogP contribution in [0.15, 0.2) is 12.1 Å². The smallest absolute Gasteiger partial charge is 0.262 e. The van der Waals surface area contributed by atoms with Crippen molar-refractivity contribution >= 4 is 17.4 Å². The quantitative estimate of drug-likeness (QED) is 0.707. The summed E-state index contributed by atoms with van der Waals surface area (Å²) < 4.78 is 5.23. The molecule has 1 amide bonds. The average molecular weight is 205 g/mol. The molecule has 0 radical (unpaired) electrons. The van der Waals surface area contributed by atoms with Crippen LogP contribution in [0.5, 0.6) is 5.75 Å². The van der Waals surface area contributed by atoms with E-state index in [1.165, 1.54) is 6.92 Å². The Kier molecular flexibility index (Phi) is 2.19. The number of anilines is 1. The van der Waals surface area contributed by atoms with Crippen LogP contribution in [0, 0.1) is 6.92 Å². The number of fused-ring (bicyclic) bond motifs is 1. The minimum atomic E-state index is -0.189. The van der Waals surface area contributed by atoms with Crippen LogP contribution in [-0.2, 0) is 4.79 Å². The number of rotatable bonds is 1. The van der Waals surface area contributed by atoms with Crippen LogP contribution in [0.4, 0.5) is 5.69 Å². The predicted molar refractivity (Wildman–Crippen MR) is 55.3 cm³/mol. The van der Waals surface area contributed by atoms with Crippen LogP contribution in [-0.4, -0.2) is 18.3 Å². The maximum absolute atomic E-state index is 11.3. The molecule has 1 aromatic carbocycles. The molecule has 1 aromatic rings. The molecule has 15 heavy (non-hydrogen) atoms. The first-order valence-electron chi connectivity index (χ1n) is 4.67. The van der Waals surface area contributed by atoms with E-state index in [9.17, 15) is 9.59 Å². The molecule has 0 spiro atoms. The Labute approximate surface area is 87.2 Å². The molecule has 0 unspecified atom stereocenters. The number of nitrogens with one attached hydrogen (secondary N) is 1. The molecule has 4 nitrogen and oxygen atoms in total. The largest absolute Gasteiger partial charge is 0.482 e. The number of Topliss-reactive ketones (excluding diaryl/α,β-unsaturated/α-hetero) is 1. The van der Waals surface area contributed by atoms with Crippen LogP contribution in [0.1, 0.15) is 22.8 Å². The van der Waals surface area contributed by atoms with Gasteiger partial charge in [-0.1, -0.05) is 0 Å². The highest BCUT2D eigenvalue weighted by atomic mass is 16.5. The monoisotopic (exact) mass is 205 g/mol. The fourth-order valence-electron chi connectivity index (χ4n) is 1.66. The van der Waals surface area contributed by atoms with Crippen molar-refractivity contribution in [3.05, 3.63) is 23.3 Å². The molecule has 1 N–H and O–H groups in total. The molecule has 2 rings (SSSR count). The molecule has 1 aliphatic rings. The summed E-state index contributed by atoms with van der Waals surface area (Å²) in [5.74, 6) is 0.415. The lowest BCUT2D eigenvalue weighted by Gasteiger charge is -2.20. The van der Waals surface area contributed by atoms with Gasteiger partial charge in [0.05, 0.1) is 5.69 Å². The molecule has 0 atom stereocenters. The van der Waals surface area contributed by atoms with Gasteiger partial charge >= 0.3 is 0 Å². The molecule has 0 fully saturated rings. The van der Waals surface area contributed by atoms with E-state index in [0.29, 0.717) is 17.0 Å². The second-order valence-electron chi connectivity index (χ2n) is 3.50. The standard InChI is InChI=1S/C11H11NO3/c1-6-8(7(2)13)3-4-9-11(6)12-10(14)5-15-9/h3-4H,5H2,1-2H3,(H,12,14). The number of amides is 1. The third-order valence-electron chi connectivity index (χ3n) is 2.43. The van der Waals surface area contributed by atoms with E-state index in [1.807, 2.05) is 0 Å². The van der Waals surface area contributed by atoms with Crippen molar-refractivity contribution in [1.82, 2.24) is 0 Å². The highest BCUT2D eigenvalue weighted by molar-refractivity contribution is 6.01. The zero-order valence-electron chi connectivity index (χ0n) is 8.59. The van der Waals surface area contributed by atoms with Crippen LogP contribution >= 0.6 is 0 Å². The first kappa shape index (κ1) is 9.71. The normalized spacial score (nSPS) is 13.9. The Balaban J connectivity index is 2.56. The molecular weight excluding hydrogens is 194 g/mol. The second-order valence-corrected chi connectivity index (χ2v) is 3.50. The summed E-state index contributed by atoms with van der Waals surface area (Å²) in [6, 6.07) is 3.42. The van der Waals surface area contributed by atoms with Crippen molar-refractivity contribution in [2.24, 2.45) is 0 Å². The third kappa shape index (κ3) is 1.58. The lowest BCUT2D eigenvalue weighted by atomic mass is 10.0. The molecule has 1 heterocycles. The van der Waals surface area contributed by atoms with E-state index in [0.717, 1.165) is 5.56 Å². The summed E-state index contributed by atoms with van der Waals surface area (Å²) >= 11 is 0. The third-order valence-corrected chi connectivity index (χ3v) is 2.43. The van der Waals surface area contributed by atoms with Gasteiger partial charge in [0.2, 0.25) is 0 Å². The number of benzene rings is 1. The second kappa shape index (κ2) is 3.38. The highest BCUT2D eigenvalue weighted by Gasteiger charge is 2.20. The average Bonchev–Trinajstić information content (AvgIpc) is 2.19. The number of carbonyl (C=O) groups is 2. The summed E-state index contributed by atoms with van der Waals surface area (Å²) in [5, 5.41) is 2.71. The Hall–Kier alpha value is -1.84.